The summed E-state index contributed by atoms with van der Waals surface area (Å²) in [7, 11) is 0. The van der Waals surface area contributed by atoms with Gasteiger partial charge in [-0.1, -0.05) is 52.0 Å². The second-order valence-electron chi connectivity index (χ2n) is 6.25. The molecular weight excluding hydrogens is 246 g/mol. The van der Waals surface area contributed by atoms with Gasteiger partial charge in [0.25, 0.3) is 0 Å². The normalized spacial score (nSPS) is 13.2. The zero-order valence-electron chi connectivity index (χ0n) is 12.9. The number of rotatable bonds is 5. The number of nitrogens with zero attached hydrogens (tertiary/aromatic N) is 1. The molecule has 2 rings (SSSR count). The number of nitrogens with one attached hydrogen (secondary N) is 1. The fourth-order valence-electron chi connectivity index (χ4n) is 2.26. The van der Waals surface area contributed by atoms with Gasteiger partial charge in [0.15, 0.2) is 0 Å². The molecule has 1 unspecified atom stereocenters. The number of hydrogen-bond donors (Lipinski definition) is 2. The van der Waals surface area contributed by atoms with Crippen LogP contribution in [0.5, 0.6) is 0 Å². The molecule has 1 atom stereocenters. The van der Waals surface area contributed by atoms with Crippen LogP contribution in [0.25, 0.3) is 11.3 Å². The summed E-state index contributed by atoms with van der Waals surface area (Å²) in [5, 5.41) is 0. The van der Waals surface area contributed by atoms with Gasteiger partial charge < -0.3 is 10.7 Å². The summed E-state index contributed by atoms with van der Waals surface area (Å²) in [4.78, 5) is 7.74. The molecule has 0 spiro atoms. The average Bonchev–Trinajstić information content (AvgIpc) is 2.87. The molecule has 20 heavy (non-hydrogen) atoms. The lowest BCUT2D eigenvalue weighted by Crippen LogP contribution is -2.18. The summed E-state index contributed by atoms with van der Waals surface area (Å²) in [6.07, 6.45) is 2.99. The van der Waals surface area contributed by atoms with Crippen molar-refractivity contribution in [3.05, 3.63) is 41.9 Å². The summed E-state index contributed by atoms with van der Waals surface area (Å²) in [5.74, 6) is 1.92. The number of hydrogen-bond acceptors (Lipinski definition) is 2. The van der Waals surface area contributed by atoms with Gasteiger partial charge in [-0.05, 0) is 29.4 Å². The number of nitrogens with two attached hydrogens (primary N) is 1. The predicted molar refractivity (Wildman–Crippen MR) is 84.3 cm³/mol. The van der Waals surface area contributed by atoms with Crippen LogP contribution < -0.4 is 5.73 Å². The summed E-state index contributed by atoms with van der Waals surface area (Å²) in [6, 6.07) is 8.64. The van der Waals surface area contributed by atoms with E-state index in [1.165, 1.54) is 5.56 Å². The third kappa shape index (κ3) is 3.48. The van der Waals surface area contributed by atoms with Crippen molar-refractivity contribution in [2.24, 2.45) is 17.6 Å². The molecule has 0 aliphatic heterocycles. The lowest BCUT2D eigenvalue weighted by molar-refractivity contribution is 0.494. The topological polar surface area (TPSA) is 54.7 Å². The second kappa shape index (κ2) is 6.23. The third-order valence-electron chi connectivity index (χ3n) is 3.54. The van der Waals surface area contributed by atoms with Crippen LogP contribution in [0.15, 0.2) is 30.5 Å². The summed E-state index contributed by atoms with van der Waals surface area (Å²) in [5.41, 5.74) is 9.69. The Morgan fingerprint density at radius 3 is 2.30 bits per heavy atom. The van der Waals surface area contributed by atoms with Gasteiger partial charge in [0.05, 0.1) is 17.9 Å². The van der Waals surface area contributed by atoms with Gasteiger partial charge in [-0.25, -0.2) is 4.98 Å². The van der Waals surface area contributed by atoms with Crippen LogP contribution in [-0.4, -0.2) is 9.97 Å². The fraction of sp³-hybridized carbons (Fsp3) is 0.471. The maximum Gasteiger partial charge on any atom is 0.123 e. The van der Waals surface area contributed by atoms with E-state index in [1.54, 1.807) is 0 Å². The lowest BCUT2D eigenvalue weighted by Gasteiger charge is -2.12. The van der Waals surface area contributed by atoms with E-state index in [2.05, 4.69) is 61.9 Å². The Hall–Kier alpha value is -1.61. The Balaban J connectivity index is 2.16. The van der Waals surface area contributed by atoms with Crippen molar-refractivity contribution in [2.45, 2.75) is 40.2 Å². The van der Waals surface area contributed by atoms with Gasteiger partial charge in [-0.2, -0.15) is 0 Å². The molecule has 0 amide bonds. The molecule has 3 heteroatoms. The summed E-state index contributed by atoms with van der Waals surface area (Å²) >= 11 is 0. The van der Waals surface area contributed by atoms with Crippen molar-refractivity contribution in [3.8, 4) is 11.3 Å². The number of imidazole rings is 1. The minimum Gasteiger partial charge on any atom is -0.341 e. The number of H-pyrrole nitrogens is 1. The minimum atomic E-state index is -0.0380. The highest BCUT2D eigenvalue weighted by molar-refractivity contribution is 5.58. The highest BCUT2D eigenvalue weighted by Gasteiger charge is 2.14. The predicted octanol–water partition coefficient (Wildman–Crippen LogP) is 3.93. The molecule has 0 aliphatic carbocycles. The van der Waals surface area contributed by atoms with Crippen LogP contribution in [0.4, 0.5) is 0 Å². The van der Waals surface area contributed by atoms with Gasteiger partial charge in [0.1, 0.15) is 5.82 Å². The molecule has 0 radical (unpaired) electrons. The Bertz CT molecular complexity index is 538. The van der Waals surface area contributed by atoms with E-state index >= 15 is 0 Å². The van der Waals surface area contributed by atoms with E-state index in [4.69, 9.17) is 5.73 Å². The number of aromatic nitrogens is 2. The lowest BCUT2D eigenvalue weighted by atomic mass is 10.0. The highest BCUT2D eigenvalue weighted by Crippen LogP contribution is 2.22. The fourth-order valence-corrected chi connectivity index (χ4v) is 2.26. The van der Waals surface area contributed by atoms with E-state index in [0.29, 0.717) is 11.8 Å². The van der Waals surface area contributed by atoms with Gasteiger partial charge in [0, 0.05) is 0 Å². The molecule has 1 heterocycles. The van der Waals surface area contributed by atoms with Crippen molar-refractivity contribution >= 4 is 0 Å². The summed E-state index contributed by atoms with van der Waals surface area (Å²) in [6.45, 7) is 8.69. The first-order chi connectivity index (χ1) is 9.47. The molecule has 0 bridgehead atoms. The van der Waals surface area contributed by atoms with Gasteiger partial charge in [0.2, 0.25) is 0 Å². The molecule has 108 valence electrons. The number of aromatic amines is 1. The van der Waals surface area contributed by atoms with E-state index in [9.17, 15) is 0 Å². The monoisotopic (exact) mass is 271 g/mol. The van der Waals surface area contributed by atoms with Crippen molar-refractivity contribution < 1.29 is 0 Å². The third-order valence-corrected chi connectivity index (χ3v) is 3.54. The first-order valence-electron chi connectivity index (χ1n) is 7.37. The van der Waals surface area contributed by atoms with Gasteiger partial charge >= 0.3 is 0 Å². The summed E-state index contributed by atoms with van der Waals surface area (Å²) < 4.78 is 0. The van der Waals surface area contributed by atoms with Crippen LogP contribution in [0.3, 0.4) is 0 Å². The molecule has 1 aromatic heterocycles. The quantitative estimate of drug-likeness (QED) is 0.865. The maximum atomic E-state index is 6.11. The van der Waals surface area contributed by atoms with Gasteiger partial charge in [-0.15, -0.1) is 0 Å². The molecule has 0 aliphatic rings. The Kier molecular flexibility index (Phi) is 4.61. The molecular formula is C17H25N3. The molecule has 3 N–H and O–H groups in total. The number of benzene rings is 1. The van der Waals surface area contributed by atoms with Crippen LogP contribution >= 0.6 is 0 Å². The smallest absolute Gasteiger partial charge is 0.123 e. The zero-order valence-corrected chi connectivity index (χ0v) is 12.9. The first-order valence-corrected chi connectivity index (χ1v) is 7.37. The molecule has 0 fully saturated rings. The largest absolute Gasteiger partial charge is 0.341 e. The van der Waals surface area contributed by atoms with E-state index < -0.39 is 0 Å². The molecule has 1 aromatic carbocycles. The van der Waals surface area contributed by atoms with E-state index in [-0.39, 0.29) is 6.04 Å². The van der Waals surface area contributed by atoms with Crippen molar-refractivity contribution in [1.29, 1.82) is 0 Å². The molecule has 0 saturated heterocycles. The van der Waals surface area contributed by atoms with Crippen molar-refractivity contribution in [2.75, 3.05) is 0 Å². The first kappa shape index (κ1) is 14.8. The standard InChI is InChI=1S/C17H25N3/c1-11(2)9-13-5-7-14(8-6-13)15-10-19-17(20-15)16(18)12(3)4/h5-8,10-12,16H,9,18H2,1-4H3,(H,19,20). The molecule has 0 saturated carbocycles. The Morgan fingerprint density at radius 2 is 1.75 bits per heavy atom. The highest BCUT2D eigenvalue weighted by atomic mass is 15.0. The molecule has 3 nitrogen and oxygen atoms in total. The zero-order chi connectivity index (χ0) is 14.7. The van der Waals surface area contributed by atoms with Crippen LogP contribution in [0, 0.1) is 11.8 Å². The average molecular weight is 271 g/mol. The second-order valence-corrected chi connectivity index (χ2v) is 6.25. The van der Waals surface area contributed by atoms with Gasteiger partial charge in [-0.3, -0.25) is 0 Å². The Morgan fingerprint density at radius 1 is 1.10 bits per heavy atom. The van der Waals surface area contributed by atoms with E-state index in [1.807, 2.05) is 6.20 Å². The Labute approximate surface area is 121 Å². The SMILES string of the molecule is CC(C)Cc1ccc(-c2cnc(C(N)C(C)C)[nH]2)cc1. The van der Waals surface area contributed by atoms with Crippen LogP contribution in [-0.2, 0) is 6.42 Å². The van der Waals surface area contributed by atoms with Crippen molar-refractivity contribution in [3.63, 3.8) is 0 Å². The minimum absolute atomic E-state index is 0.0380. The van der Waals surface area contributed by atoms with E-state index in [0.717, 1.165) is 23.5 Å². The van der Waals surface area contributed by atoms with Crippen molar-refractivity contribution in [1.82, 2.24) is 9.97 Å². The van der Waals surface area contributed by atoms with Crippen LogP contribution in [0.2, 0.25) is 0 Å². The molecule has 2 aromatic rings. The van der Waals surface area contributed by atoms with Crippen LogP contribution in [0.1, 0.15) is 45.1 Å². The maximum absolute atomic E-state index is 6.11.